The van der Waals surface area contributed by atoms with Crippen molar-refractivity contribution < 1.29 is 9.53 Å². The molecule has 1 amide bonds. The van der Waals surface area contributed by atoms with E-state index in [-0.39, 0.29) is 30.7 Å². The summed E-state index contributed by atoms with van der Waals surface area (Å²) >= 11 is 0. The molecule has 2 aliphatic heterocycles. The van der Waals surface area contributed by atoms with E-state index >= 15 is 0 Å². The number of methoxy groups -OCH3 is 1. The van der Waals surface area contributed by atoms with Gasteiger partial charge in [-0.15, -0.1) is 24.8 Å². The Bertz CT molecular complexity index is 320. The molecule has 2 fully saturated rings. The summed E-state index contributed by atoms with van der Waals surface area (Å²) in [4.78, 5) is 14.9. The van der Waals surface area contributed by atoms with Gasteiger partial charge in [0.25, 0.3) is 5.91 Å². The molecule has 0 saturated carbocycles. The zero-order valence-electron chi connectivity index (χ0n) is 13.7. The Labute approximate surface area is 146 Å². The first-order chi connectivity index (χ1) is 9.66. The number of hydrogen-bond acceptors (Lipinski definition) is 4. The lowest BCUT2D eigenvalue weighted by atomic mass is 9.91. The molecule has 0 aromatic heterocycles. The molecule has 0 spiro atoms. The van der Waals surface area contributed by atoms with Crippen LogP contribution in [0.3, 0.4) is 0 Å². The van der Waals surface area contributed by atoms with Gasteiger partial charge in [0.05, 0.1) is 0 Å². The Morgan fingerprint density at radius 1 is 1.27 bits per heavy atom. The minimum atomic E-state index is -0.612. The fourth-order valence-electron chi connectivity index (χ4n) is 3.25. The Morgan fingerprint density at radius 3 is 2.41 bits per heavy atom. The van der Waals surface area contributed by atoms with Crippen molar-refractivity contribution in [3.63, 3.8) is 0 Å². The molecule has 2 heterocycles. The lowest BCUT2D eigenvalue weighted by Gasteiger charge is -2.35. The van der Waals surface area contributed by atoms with E-state index in [9.17, 15) is 4.79 Å². The molecule has 22 heavy (non-hydrogen) atoms. The first-order valence-electron chi connectivity index (χ1n) is 7.93. The van der Waals surface area contributed by atoms with Gasteiger partial charge in [-0.25, -0.2) is 0 Å². The summed E-state index contributed by atoms with van der Waals surface area (Å²) in [6.45, 7) is 8.17. The molecule has 7 heteroatoms. The minimum Gasteiger partial charge on any atom is -0.368 e. The average Bonchev–Trinajstić information content (AvgIpc) is 2.98. The largest absolute Gasteiger partial charge is 0.368 e. The van der Waals surface area contributed by atoms with Gasteiger partial charge < -0.3 is 20.3 Å². The van der Waals surface area contributed by atoms with Crippen molar-refractivity contribution in [2.75, 3.05) is 46.4 Å². The third-order valence-corrected chi connectivity index (χ3v) is 4.60. The van der Waals surface area contributed by atoms with E-state index in [4.69, 9.17) is 4.74 Å². The van der Waals surface area contributed by atoms with E-state index in [1.165, 1.54) is 25.9 Å². The van der Waals surface area contributed by atoms with Gasteiger partial charge in [0, 0.05) is 20.2 Å². The molecule has 0 bridgehead atoms. The van der Waals surface area contributed by atoms with Crippen LogP contribution in [0.4, 0.5) is 0 Å². The highest BCUT2D eigenvalue weighted by Gasteiger charge is 2.39. The quantitative estimate of drug-likeness (QED) is 0.756. The van der Waals surface area contributed by atoms with Gasteiger partial charge >= 0.3 is 0 Å². The zero-order chi connectivity index (χ0) is 14.4. The SMILES string of the molecule is COC1(C(=O)NCC(C)CN2CCCC2)CCNCC1.Cl.Cl. The second-order valence-corrected chi connectivity index (χ2v) is 6.27. The Hall–Kier alpha value is -0.0700. The number of piperidine rings is 1. The standard InChI is InChI=1S/C15H29N3O2.2ClH/c1-13(12-18-9-3-4-10-18)11-17-14(19)15(20-2)5-7-16-8-6-15;;/h13,16H,3-12H2,1-2H3,(H,17,19);2*1H. The summed E-state index contributed by atoms with van der Waals surface area (Å²) in [5, 5.41) is 6.37. The van der Waals surface area contributed by atoms with Gasteiger partial charge in [0.2, 0.25) is 0 Å². The molecule has 2 saturated heterocycles. The topological polar surface area (TPSA) is 53.6 Å². The van der Waals surface area contributed by atoms with Gasteiger partial charge in [-0.3, -0.25) is 4.79 Å². The molecule has 132 valence electrons. The lowest BCUT2D eigenvalue weighted by Crippen LogP contribution is -2.54. The van der Waals surface area contributed by atoms with Crippen molar-refractivity contribution in [1.82, 2.24) is 15.5 Å². The number of likely N-dealkylation sites (tertiary alicyclic amines) is 1. The van der Waals surface area contributed by atoms with Crippen LogP contribution in [0, 0.1) is 5.92 Å². The number of nitrogens with zero attached hydrogens (tertiary/aromatic N) is 1. The number of rotatable bonds is 6. The van der Waals surface area contributed by atoms with E-state index in [1.807, 2.05) is 0 Å². The second kappa shape index (κ2) is 10.7. The molecular weight excluding hydrogens is 325 g/mol. The maximum absolute atomic E-state index is 12.4. The van der Waals surface area contributed by atoms with Gasteiger partial charge in [0.15, 0.2) is 0 Å². The number of carbonyl (C=O) groups excluding carboxylic acids is 1. The van der Waals surface area contributed by atoms with E-state index in [0.717, 1.165) is 39.0 Å². The number of halogens is 2. The van der Waals surface area contributed by atoms with Crippen LogP contribution < -0.4 is 10.6 Å². The van der Waals surface area contributed by atoms with Crippen LogP contribution in [0.2, 0.25) is 0 Å². The molecule has 1 atom stereocenters. The first kappa shape index (κ1) is 21.9. The third kappa shape index (κ3) is 5.85. The van der Waals surface area contributed by atoms with E-state index in [2.05, 4.69) is 22.5 Å². The summed E-state index contributed by atoms with van der Waals surface area (Å²) in [6, 6.07) is 0. The van der Waals surface area contributed by atoms with Crippen molar-refractivity contribution in [1.29, 1.82) is 0 Å². The molecule has 0 radical (unpaired) electrons. The number of hydrogen-bond donors (Lipinski definition) is 2. The Balaban J connectivity index is 0.00000220. The molecule has 0 aliphatic carbocycles. The summed E-state index contributed by atoms with van der Waals surface area (Å²) in [5.41, 5.74) is -0.612. The summed E-state index contributed by atoms with van der Waals surface area (Å²) in [5.74, 6) is 0.558. The van der Waals surface area contributed by atoms with Gasteiger partial charge in [-0.05, 0) is 57.8 Å². The monoisotopic (exact) mass is 355 g/mol. The van der Waals surface area contributed by atoms with Crippen LogP contribution >= 0.6 is 24.8 Å². The summed E-state index contributed by atoms with van der Waals surface area (Å²) < 4.78 is 5.54. The summed E-state index contributed by atoms with van der Waals surface area (Å²) in [7, 11) is 1.65. The predicted molar refractivity (Wildman–Crippen MR) is 94.2 cm³/mol. The highest BCUT2D eigenvalue weighted by molar-refractivity contribution is 5.86. The molecule has 2 aliphatic rings. The van der Waals surface area contributed by atoms with Crippen molar-refractivity contribution in [3.05, 3.63) is 0 Å². The van der Waals surface area contributed by atoms with E-state index < -0.39 is 5.60 Å². The van der Waals surface area contributed by atoms with Crippen LogP contribution in [-0.2, 0) is 9.53 Å². The second-order valence-electron chi connectivity index (χ2n) is 6.27. The molecule has 5 nitrogen and oxygen atoms in total. The maximum atomic E-state index is 12.4. The minimum absolute atomic E-state index is 0. The first-order valence-corrected chi connectivity index (χ1v) is 7.93. The predicted octanol–water partition coefficient (Wildman–Crippen LogP) is 1.45. The molecule has 0 aromatic carbocycles. The highest BCUT2D eigenvalue weighted by Crippen LogP contribution is 2.22. The summed E-state index contributed by atoms with van der Waals surface area (Å²) in [6.07, 6.45) is 4.16. The molecule has 2 rings (SSSR count). The normalized spacial score (nSPS) is 22.3. The van der Waals surface area contributed by atoms with E-state index in [0.29, 0.717) is 5.92 Å². The van der Waals surface area contributed by atoms with Crippen LogP contribution in [0.15, 0.2) is 0 Å². The number of nitrogens with one attached hydrogen (secondary N) is 2. The van der Waals surface area contributed by atoms with E-state index in [1.54, 1.807) is 7.11 Å². The lowest BCUT2D eigenvalue weighted by molar-refractivity contribution is -0.146. The molecular formula is C15H31Cl2N3O2. The van der Waals surface area contributed by atoms with Gasteiger partial charge in [-0.1, -0.05) is 6.92 Å². The van der Waals surface area contributed by atoms with Crippen LogP contribution in [-0.4, -0.2) is 62.8 Å². The Morgan fingerprint density at radius 2 is 1.86 bits per heavy atom. The number of carbonyl (C=O) groups is 1. The van der Waals surface area contributed by atoms with Gasteiger partial charge in [0.1, 0.15) is 5.60 Å². The van der Waals surface area contributed by atoms with Crippen LogP contribution in [0.5, 0.6) is 0 Å². The molecule has 0 aromatic rings. The Kier molecular flexibility index (Phi) is 10.6. The fourth-order valence-corrected chi connectivity index (χ4v) is 3.25. The van der Waals surface area contributed by atoms with Crippen LogP contribution in [0.25, 0.3) is 0 Å². The van der Waals surface area contributed by atoms with Crippen molar-refractivity contribution in [2.45, 2.75) is 38.2 Å². The van der Waals surface area contributed by atoms with Gasteiger partial charge in [-0.2, -0.15) is 0 Å². The fraction of sp³-hybridized carbons (Fsp3) is 0.933. The maximum Gasteiger partial charge on any atom is 0.252 e. The third-order valence-electron chi connectivity index (χ3n) is 4.60. The number of amides is 1. The van der Waals surface area contributed by atoms with Crippen molar-refractivity contribution in [2.24, 2.45) is 5.92 Å². The highest BCUT2D eigenvalue weighted by atomic mass is 35.5. The van der Waals surface area contributed by atoms with Crippen LogP contribution in [0.1, 0.15) is 32.6 Å². The number of ether oxygens (including phenoxy) is 1. The van der Waals surface area contributed by atoms with Crippen molar-refractivity contribution in [3.8, 4) is 0 Å². The van der Waals surface area contributed by atoms with Crippen molar-refractivity contribution >= 4 is 30.7 Å². The molecule has 1 unspecified atom stereocenters. The zero-order valence-corrected chi connectivity index (χ0v) is 15.4. The smallest absolute Gasteiger partial charge is 0.252 e. The molecule has 2 N–H and O–H groups in total. The average molecular weight is 356 g/mol.